The Morgan fingerprint density at radius 2 is 2.29 bits per heavy atom. The van der Waals surface area contributed by atoms with Gasteiger partial charge in [0.15, 0.2) is 0 Å². The van der Waals surface area contributed by atoms with E-state index in [1.807, 2.05) is 13.0 Å². The minimum absolute atomic E-state index is 0.0394. The second-order valence-corrected chi connectivity index (χ2v) is 5.64. The number of nitrogens with one attached hydrogen (secondary N) is 1. The summed E-state index contributed by atoms with van der Waals surface area (Å²) in [5.41, 5.74) is 1.72. The number of aliphatic hydroxyl groups excluding tert-OH is 1. The van der Waals surface area contributed by atoms with Gasteiger partial charge < -0.3 is 15.3 Å². The van der Waals surface area contributed by atoms with Crippen molar-refractivity contribution in [2.24, 2.45) is 5.92 Å². The van der Waals surface area contributed by atoms with Crippen LogP contribution in [0.1, 0.15) is 18.4 Å². The molecule has 1 unspecified atom stereocenters. The molecule has 6 heteroatoms. The van der Waals surface area contributed by atoms with E-state index in [9.17, 15) is 9.59 Å². The molecule has 0 aromatic heterocycles. The zero-order chi connectivity index (χ0) is 15.4. The molecule has 1 heterocycles. The maximum absolute atomic E-state index is 12.1. The van der Waals surface area contributed by atoms with Crippen LogP contribution in [0.25, 0.3) is 0 Å². The Balaban J connectivity index is 2.05. The molecular formula is C15H19ClN2O3. The summed E-state index contributed by atoms with van der Waals surface area (Å²) in [7, 11) is 0. The Morgan fingerprint density at radius 1 is 1.52 bits per heavy atom. The number of hydrogen-bond acceptors (Lipinski definition) is 3. The third-order valence-corrected chi connectivity index (χ3v) is 3.83. The Bertz CT molecular complexity index is 548. The fourth-order valence-electron chi connectivity index (χ4n) is 2.42. The summed E-state index contributed by atoms with van der Waals surface area (Å²) in [6.45, 7) is 2.74. The first-order valence-electron chi connectivity index (χ1n) is 6.98. The standard InChI is InChI=1S/C15H19ClN2O3/c1-10-3-4-12(16)8-13(10)18-9-11(7-14(18)20)15(21)17-5-2-6-19/h3-4,8,11,19H,2,5-7,9H2,1H3,(H,17,21). The van der Waals surface area contributed by atoms with E-state index in [0.717, 1.165) is 11.3 Å². The lowest BCUT2D eigenvalue weighted by Gasteiger charge is -2.19. The third-order valence-electron chi connectivity index (χ3n) is 3.59. The van der Waals surface area contributed by atoms with Gasteiger partial charge in [-0.2, -0.15) is 0 Å². The van der Waals surface area contributed by atoms with Gasteiger partial charge in [-0.1, -0.05) is 17.7 Å². The van der Waals surface area contributed by atoms with Gasteiger partial charge in [0.2, 0.25) is 11.8 Å². The molecule has 1 aromatic carbocycles. The summed E-state index contributed by atoms with van der Waals surface area (Å²) in [4.78, 5) is 25.8. The zero-order valence-corrected chi connectivity index (χ0v) is 12.7. The number of aliphatic hydroxyl groups is 1. The molecule has 0 bridgehead atoms. The molecule has 0 saturated carbocycles. The first-order valence-corrected chi connectivity index (χ1v) is 7.36. The molecule has 114 valence electrons. The molecule has 2 amide bonds. The van der Waals surface area contributed by atoms with E-state index in [2.05, 4.69) is 5.32 Å². The lowest BCUT2D eigenvalue weighted by molar-refractivity contribution is -0.126. The smallest absolute Gasteiger partial charge is 0.227 e. The summed E-state index contributed by atoms with van der Waals surface area (Å²) in [6.07, 6.45) is 0.723. The summed E-state index contributed by atoms with van der Waals surface area (Å²) >= 11 is 5.99. The fourth-order valence-corrected chi connectivity index (χ4v) is 2.59. The van der Waals surface area contributed by atoms with Gasteiger partial charge in [0.25, 0.3) is 0 Å². The Labute approximate surface area is 128 Å². The molecule has 1 atom stereocenters. The first kappa shape index (κ1) is 15.8. The maximum atomic E-state index is 12.1. The van der Waals surface area contributed by atoms with Crippen LogP contribution in [0.15, 0.2) is 18.2 Å². The molecule has 2 rings (SSSR count). The van der Waals surface area contributed by atoms with Gasteiger partial charge in [-0.25, -0.2) is 0 Å². The van der Waals surface area contributed by atoms with Crippen LogP contribution in [0.5, 0.6) is 0 Å². The molecule has 1 saturated heterocycles. The Kier molecular flexibility index (Phi) is 5.20. The number of hydrogen-bond donors (Lipinski definition) is 2. The van der Waals surface area contributed by atoms with Crippen LogP contribution in [0.3, 0.4) is 0 Å². The fraction of sp³-hybridized carbons (Fsp3) is 0.467. The molecule has 5 nitrogen and oxygen atoms in total. The molecule has 0 spiro atoms. The molecule has 1 fully saturated rings. The normalized spacial score (nSPS) is 18.1. The summed E-state index contributed by atoms with van der Waals surface area (Å²) in [6, 6.07) is 5.39. The number of aryl methyl sites for hydroxylation is 1. The molecule has 0 radical (unpaired) electrons. The van der Waals surface area contributed by atoms with E-state index >= 15 is 0 Å². The lowest BCUT2D eigenvalue weighted by Crippen LogP contribution is -2.33. The SMILES string of the molecule is Cc1ccc(Cl)cc1N1CC(C(=O)NCCCO)CC1=O. The number of halogens is 1. The third kappa shape index (κ3) is 3.74. The van der Waals surface area contributed by atoms with Gasteiger partial charge in [0, 0.05) is 36.8 Å². The van der Waals surface area contributed by atoms with Crippen LogP contribution in [0.2, 0.25) is 5.02 Å². The number of amides is 2. The number of rotatable bonds is 5. The highest BCUT2D eigenvalue weighted by atomic mass is 35.5. The second kappa shape index (κ2) is 6.91. The summed E-state index contributed by atoms with van der Waals surface area (Å²) < 4.78 is 0. The lowest BCUT2D eigenvalue weighted by atomic mass is 10.1. The van der Waals surface area contributed by atoms with Crippen molar-refractivity contribution in [1.82, 2.24) is 5.32 Å². The van der Waals surface area contributed by atoms with Gasteiger partial charge in [0.05, 0.1) is 5.92 Å². The molecule has 1 aliphatic rings. The minimum Gasteiger partial charge on any atom is -0.396 e. The van der Waals surface area contributed by atoms with Gasteiger partial charge in [0.1, 0.15) is 0 Å². The highest BCUT2D eigenvalue weighted by molar-refractivity contribution is 6.31. The molecule has 1 aliphatic heterocycles. The minimum atomic E-state index is -0.352. The average Bonchev–Trinajstić information content (AvgIpc) is 2.84. The van der Waals surface area contributed by atoms with Crippen molar-refractivity contribution in [3.63, 3.8) is 0 Å². The maximum Gasteiger partial charge on any atom is 0.227 e. The van der Waals surface area contributed by atoms with Crippen LogP contribution in [-0.2, 0) is 9.59 Å². The number of nitrogens with zero attached hydrogens (tertiary/aromatic N) is 1. The van der Waals surface area contributed by atoms with Crippen molar-refractivity contribution < 1.29 is 14.7 Å². The molecule has 21 heavy (non-hydrogen) atoms. The topological polar surface area (TPSA) is 69.6 Å². The molecular weight excluding hydrogens is 292 g/mol. The van der Waals surface area contributed by atoms with Gasteiger partial charge >= 0.3 is 0 Å². The quantitative estimate of drug-likeness (QED) is 0.810. The van der Waals surface area contributed by atoms with Crippen molar-refractivity contribution >= 4 is 29.1 Å². The van der Waals surface area contributed by atoms with Crippen molar-refractivity contribution in [3.05, 3.63) is 28.8 Å². The Morgan fingerprint density at radius 3 is 3.00 bits per heavy atom. The van der Waals surface area contributed by atoms with Crippen LogP contribution >= 0.6 is 11.6 Å². The van der Waals surface area contributed by atoms with Crippen LogP contribution in [-0.4, -0.2) is 36.6 Å². The number of anilines is 1. The summed E-state index contributed by atoms with van der Waals surface area (Å²) in [5, 5.41) is 12.0. The molecule has 1 aromatic rings. The van der Waals surface area contributed by atoms with E-state index in [4.69, 9.17) is 16.7 Å². The average molecular weight is 311 g/mol. The summed E-state index contributed by atoms with van der Waals surface area (Å²) in [5.74, 6) is -0.559. The van der Waals surface area contributed by atoms with E-state index < -0.39 is 0 Å². The first-order chi connectivity index (χ1) is 10.0. The predicted molar refractivity (Wildman–Crippen MR) is 81.4 cm³/mol. The van der Waals surface area contributed by atoms with Crippen molar-refractivity contribution in [2.75, 3.05) is 24.6 Å². The van der Waals surface area contributed by atoms with Crippen LogP contribution < -0.4 is 10.2 Å². The van der Waals surface area contributed by atoms with Crippen molar-refractivity contribution in [1.29, 1.82) is 0 Å². The molecule has 2 N–H and O–H groups in total. The van der Waals surface area contributed by atoms with Gasteiger partial charge in [-0.05, 0) is 31.0 Å². The monoisotopic (exact) mass is 310 g/mol. The second-order valence-electron chi connectivity index (χ2n) is 5.20. The van der Waals surface area contributed by atoms with Crippen molar-refractivity contribution in [3.8, 4) is 0 Å². The van der Waals surface area contributed by atoms with E-state index in [0.29, 0.717) is 24.5 Å². The number of carbonyl (C=O) groups excluding carboxylic acids is 2. The van der Waals surface area contributed by atoms with E-state index in [1.54, 1.807) is 17.0 Å². The van der Waals surface area contributed by atoms with Gasteiger partial charge in [-0.3, -0.25) is 9.59 Å². The Hall–Kier alpha value is -1.59. The van der Waals surface area contributed by atoms with Crippen LogP contribution in [0.4, 0.5) is 5.69 Å². The predicted octanol–water partition coefficient (Wildman–Crippen LogP) is 1.50. The number of carbonyl (C=O) groups is 2. The molecule has 0 aliphatic carbocycles. The highest BCUT2D eigenvalue weighted by Crippen LogP contribution is 2.30. The number of benzene rings is 1. The zero-order valence-electron chi connectivity index (χ0n) is 11.9. The van der Waals surface area contributed by atoms with Gasteiger partial charge in [-0.15, -0.1) is 0 Å². The van der Waals surface area contributed by atoms with E-state index in [1.165, 1.54) is 0 Å². The highest BCUT2D eigenvalue weighted by Gasteiger charge is 2.35. The largest absolute Gasteiger partial charge is 0.396 e. The van der Waals surface area contributed by atoms with E-state index in [-0.39, 0.29) is 30.8 Å². The van der Waals surface area contributed by atoms with Crippen molar-refractivity contribution in [2.45, 2.75) is 19.8 Å². The van der Waals surface area contributed by atoms with Crippen LogP contribution in [0, 0.1) is 12.8 Å².